The third-order valence-corrected chi connectivity index (χ3v) is 4.39. The second-order valence-corrected chi connectivity index (χ2v) is 8.21. The molecule has 0 spiro atoms. The number of rotatable bonds is 6. The quantitative estimate of drug-likeness (QED) is 0.530. The molecule has 5 nitrogen and oxygen atoms in total. The van der Waals surface area contributed by atoms with Gasteiger partial charge in [0.15, 0.2) is 0 Å². The van der Waals surface area contributed by atoms with Crippen molar-refractivity contribution in [3.05, 3.63) is 47.5 Å². The van der Waals surface area contributed by atoms with Crippen molar-refractivity contribution in [1.82, 2.24) is 0 Å². The molecule has 0 saturated heterocycles. The second-order valence-electron chi connectivity index (χ2n) is 8.21. The van der Waals surface area contributed by atoms with Gasteiger partial charge in [0.25, 0.3) is 0 Å². The first-order valence-electron chi connectivity index (χ1n) is 9.98. The molecule has 0 bridgehead atoms. The Morgan fingerprint density at radius 2 is 1.75 bits per heavy atom. The number of hydrogen-bond acceptors (Lipinski definition) is 5. The molecule has 0 N–H and O–H groups in total. The van der Waals surface area contributed by atoms with Crippen LogP contribution in [0.1, 0.15) is 64.5 Å². The molecule has 154 valence electrons. The Morgan fingerprint density at radius 3 is 2.39 bits per heavy atom. The maximum Gasteiger partial charge on any atom is 0.310 e. The van der Waals surface area contributed by atoms with E-state index in [1.807, 2.05) is 51.1 Å². The number of ether oxygens (including phenoxy) is 3. The van der Waals surface area contributed by atoms with Crippen molar-refractivity contribution in [2.75, 3.05) is 0 Å². The Bertz CT molecular complexity index is 669. The molecule has 0 radical (unpaired) electrons. The van der Waals surface area contributed by atoms with Crippen LogP contribution in [0.4, 0.5) is 0 Å². The third kappa shape index (κ3) is 8.26. The van der Waals surface area contributed by atoms with Gasteiger partial charge in [-0.25, -0.2) is 0 Å². The first-order chi connectivity index (χ1) is 13.2. The van der Waals surface area contributed by atoms with Gasteiger partial charge in [-0.3, -0.25) is 9.59 Å². The van der Waals surface area contributed by atoms with Crippen LogP contribution in [-0.2, 0) is 36.8 Å². The lowest BCUT2D eigenvalue weighted by Gasteiger charge is -2.32. The van der Waals surface area contributed by atoms with Gasteiger partial charge in [0, 0.05) is 6.92 Å². The number of esters is 2. The molecule has 5 heteroatoms. The van der Waals surface area contributed by atoms with E-state index in [0.29, 0.717) is 0 Å². The normalized spacial score (nSPS) is 21.3. The molecule has 1 aliphatic carbocycles. The van der Waals surface area contributed by atoms with Crippen LogP contribution in [0.2, 0.25) is 0 Å². The summed E-state index contributed by atoms with van der Waals surface area (Å²) in [5.41, 5.74) is 1.45. The van der Waals surface area contributed by atoms with Crippen molar-refractivity contribution in [2.45, 2.75) is 84.2 Å². The number of hydrogen-bond donors (Lipinski definition) is 0. The molecule has 2 atom stereocenters. The topological polar surface area (TPSA) is 61.8 Å². The van der Waals surface area contributed by atoms with Crippen LogP contribution < -0.4 is 0 Å². The molecule has 2 rings (SSSR count). The highest BCUT2D eigenvalue weighted by atomic mass is 16.6. The maximum absolute atomic E-state index is 12.5. The summed E-state index contributed by atoms with van der Waals surface area (Å²) in [6, 6.07) is 7.42. The summed E-state index contributed by atoms with van der Waals surface area (Å²) >= 11 is 0. The van der Waals surface area contributed by atoms with Gasteiger partial charge in [0.2, 0.25) is 0 Å². The van der Waals surface area contributed by atoms with Gasteiger partial charge in [0.05, 0.1) is 18.1 Å². The maximum atomic E-state index is 12.5. The van der Waals surface area contributed by atoms with Crippen LogP contribution in [0.15, 0.2) is 36.4 Å². The van der Waals surface area contributed by atoms with Crippen molar-refractivity contribution < 1.29 is 23.8 Å². The predicted molar refractivity (Wildman–Crippen MR) is 108 cm³/mol. The number of allylic oxidation sites excluding steroid dienone is 1. The van der Waals surface area contributed by atoms with Gasteiger partial charge < -0.3 is 14.2 Å². The van der Waals surface area contributed by atoms with Crippen LogP contribution in [0.3, 0.4) is 0 Å². The largest absolute Gasteiger partial charge is 0.461 e. The summed E-state index contributed by atoms with van der Waals surface area (Å²) in [6.45, 7) is 7.67. The fourth-order valence-electron chi connectivity index (χ4n) is 3.12. The summed E-state index contributed by atoms with van der Waals surface area (Å²) < 4.78 is 16.9. The lowest BCUT2D eigenvalue weighted by Crippen LogP contribution is -2.38. The molecular weight excluding hydrogens is 356 g/mol. The van der Waals surface area contributed by atoms with E-state index in [1.165, 1.54) is 6.92 Å². The highest BCUT2D eigenvalue weighted by Gasteiger charge is 2.28. The molecule has 1 aromatic rings. The fraction of sp³-hybridized carbons (Fsp3) is 0.565. The second kappa shape index (κ2) is 10.4. The Morgan fingerprint density at radius 1 is 1.07 bits per heavy atom. The fourth-order valence-corrected chi connectivity index (χ4v) is 3.12. The lowest BCUT2D eigenvalue weighted by atomic mass is 10.00. The summed E-state index contributed by atoms with van der Waals surface area (Å²) in [5.74, 6) is -0.586. The minimum atomic E-state index is -0.365. The van der Waals surface area contributed by atoms with Crippen LogP contribution in [0.5, 0.6) is 0 Å². The van der Waals surface area contributed by atoms with E-state index in [4.69, 9.17) is 14.2 Å². The van der Waals surface area contributed by atoms with Gasteiger partial charge in [-0.05, 0) is 57.2 Å². The van der Waals surface area contributed by atoms with E-state index in [9.17, 15) is 9.59 Å². The summed E-state index contributed by atoms with van der Waals surface area (Å²) in [4.78, 5) is 23.4. The van der Waals surface area contributed by atoms with Crippen molar-refractivity contribution in [2.24, 2.45) is 0 Å². The van der Waals surface area contributed by atoms with Gasteiger partial charge in [0.1, 0.15) is 12.7 Å². The summed E-state index contributed by atoms with van der Waals surface area (Å²) in [5, 5.41) is 0. The highest BCUT2D eigenvalue weighted by Crippen LogP contribution is 2.23. The third-order valence-electron chi connectivity index (χ3n) is 4.39. The van der Waals surface area contributed by atoms with E-state index in [0.717, 1.165) is 36.8 Å². The van der Waals surface area contributed by atoms with Gasteiger partial charge in [-0.2, -0.15) is 0 Å². The van der Waals surface area contributed by atoms with Gasteiger partial charge in [-0.15, -0.1) is 0 Å². The van der Waals surface area contributed by atoms with E-state index in [2.05, 4.69) is 6.08 Å². The van der Waals surface area contributed by atoms with Crippen LogP contribution in [0.25, 0.3) is 0 Å². The Hall–Kier alpha value is -2.14. The van der Waals surface area contributed by atoms with Crippen molar-refractivity contribution in [1.29, 1.82) is 0 Å². The predicted octanol–water partition coefficient (Wildman–Crippen LogP) is 4.52. The molecular formula is C23H32O5. The zero-order chi connectivity index (χ0) is 20.6. The molecule has 0 aliphatic heterocycles. The number of benzene rings is 1. The molecule has 1 aromatic carbocycles. The van der Waals surface area contributed by atoms with Gasteiger partial charge in [-0.1, -0.05) is 36.8 Å². The van der Waals surface area contributed by atoms with Crippen LogP contribution in [-0.4, -0.2) is 29.7 Å². The van der Waals surface area contributed by atoms with E-state index in [-0.39, 0.29) is 42.8 Å². The first kappa shape index (κ1) is 22.2. The Balaban J connectivity index is 1.96. The highest BCUT2D eigenvalue weighted by molar-refractivity contribution is 5.73. The van der Waals surface area contributed by atoms with Crippen LogP contribution >= 0.6 is 0 Å². The smallest absolute Gasteiger partial charge is 0.310 e. The van der Waals surface area contributed by atoms with Crippen molar-refractivity contribution in [3.8, 4) is 0 Å². The number of carbonyl (C=O) groups is 2. The van der Waals surface area contributed by atoms with Crippen LogP contribution in [0, 0.1) is 0 Å². The molecule has 28 heavy (non-hydrogen) atoms. The zero-order valence-corrected chi connectivity index (χ0v) is 17.4. The average molecular weight is 389 g/mol. The Kier molecular flexibility index (Phi) is 8.24. The zero-order valence-electron chi connectivity index (χ0n) is 17.4. The lowest BCUT2D eigenvalue weighted by molar-refractivity contribution is -0.161. The first-order valence-corrected chi connectivity index (χ1v) is 9.98. The molecule has 0 heterocycles. The van der Waals surface area contributed by atoms with Gasteiger partial charge >= 0.3 is 11.9 Å². The minimum absolute atomic E-state index is 0.133. The SMILES string of the molecule is CC(=O)OCc1ccc(CC(=O)OC2/C=C/CCCCC2OC(C)(C)C)cc1. The summed E-state index contributed by atoms with van der Waals surface area (Å²) in [6.07, 6.45) is 7.81. The molecule has 0 amide bonds. The average Bonchev–Trinajstić information content (AvgIpc) is 2.59. The summed E-state index contributed by atoms with van der Waals surface area (Å²) in [7, 11) is 0. The standard InChI is InChI=1S/C23H32O5/c1-17(24)26-16-19-13-11-18(12-14-19)15-22(25)27-20-9-7-5-6-8-10-21(20)28-23(2,3)4/h7,9,11-14,20-21H,5-6,8,10,15-16H2,1-4H3/b9-7+. The monoisotopic (exact) mass is 388 g/mol. The molecule has 2 unspecified atom stereocenters. The molecule has 0 saturated carbocycles. The van der Waals surface area contributed by atoms with E-state index >= 15 is 0 Å². The molecule has 0 fully saturated rings. The van der Waals surface area contributed by atoms with Crippen molar-refractivity contribution >= 4 is 11.9 Å². The van der Waals surface area contributed by atoms with Crippen molar-refractivity contribution in [3.63, 3.8) is 0 Å². The number of carbonyl (C=O) groups excluding carboxylic acids is 2. The van der Waals surface area contributed by atoms with E-state index < -0.39 is 0 Å². The molecule has 0 aromatic heterocycles. The Labute approximate surface area is 168 Å². The van der Waals surface area contributed by atoms with E-state index in [1.54, 1.807) is 0 Å². The minimum Gasteiger partial charge on any atom is -0.461 e. The molecule has 1 aliphatic rings.